The lowest BCUT2D eigenvalue weighted by Crippen LogP contribution is -2.29. The summed E-state index contributed by atoms with van der Waals surface area (Å²) in [5.41, 5.74) is -0.0252. The van der Waals surface area contributed by atoms with Crippen LogP contribution in [0.5, 0.6) is 5.75 Å². The zero-order valence-corrected chi connectivity index (χ0v) is 15.8. The number of esters is 1. The number of benzene rings is 2. The molecule has 2 rings (SSSR count). The van der Waals surface area contributed by atoms with Gasteiger partial charge in [0.05, 0.1) is 11.5 Å². The van der Waals surface area contributed by atoms with Crippen LogP contribution in [0, 0.1) is 15.9 Å². The van der Waals surface area contributed by atoms with E-state index in [0.29, 0.717) is 12.4 Å². The normalized spacial score (nSPS) is 11.7. The van der Waals surface area contributed by atoms with Crippen LogP contribution in [0.15, 0.2) is 48.5 Å². The van der Waals surface area contributed by atoms with E-state index < -0.39 is 34.4 Å². The Balaban J connectivity index is 1.92. The molecule has 2 aromatic carbocycles. The summed E-state index contributed by atoms with van der Waals surface area (Å²) in [7, 11) is 0. The van der Waals surface area contributed by atoms with Gasteiger partial charge < -0.3 is 14.8 Å². The number of nitrogens with one attached hydrogen (secondary N) is 1. The van der Waals surface area contributed by atoms with Crippen molar-refractivity contribution in [1.82, 2.24) is 0 Å². The first-order valence-corrected chi connectivity index (χ1v) is 8.66. The molecule has 0 aliphatic carbocycles. The second kappa shape index (κ2) is 9.98. The average Bonchev–Trinajstić information content (AvgIpc) is 2.68. The third-order valence-corrected chi connectivity index (χ3v) is 3.68. The Kier molecular flexibility index (Phi) is 7.41. The van der Waals surface area contributed by atoms with Crippen molar-refractivity contribution in [3.05, 3.63) is 70.0 Å². The number of ether oxygens (including phenoxy) is 2. The fourth-order valence-corrected chi connectivity index (χ4v) is 2.25. The molecular weight excluding hydrogens is 383 g/mol. The Bertz CT molecular complexity index is 927. The monoisotopic (exact) mass is 402 g/mol. The molecule has 2 aromatic rings. The molecule has 0 fully saturated rings. The van der Waals surface area contributed by atoms with E-state index in [1.54, 1.807) is 24.3 Å². The summed E-state index contributed by atoms with van der Waals surface area (Å²) < 4.78 is 23.7. The van der Waals surface area contributed by atoms with Crippen molar-refractivity contribution in [2.24, 2.45) is 0 Å². The van der Waals surface area contributed by atoms with E-state index in [-0.39, 0.29) is 5.69 Å². The highest BCUT2D eigenvalue weighted by Gasteiger charge is 2.19. The molecule has 0 heterocycles. The molecule has 0 saturated heterocycles. The van der Waals surface area contributed by atoms with Crippen LogP contribution in [0.2, 0.25) is 0 Å². The van der Waals surface area contributed by atoms with Gasteiger partial charge in [-0.05, 0) is 49.8 Å². The SMILES string of the molecule is CCOc1ccc(/C=C/C(=O)O[C@@H](C)C(=O)Nc2ccc(F)c([N+](=O)[O-])c2)cc1. The molecule has 0 saturated carbocycles. The molecule has 9 heteroatoms. The number of halogens is 1. The second-order valence-corrected chi connectivity index (χ2v) is 5.83. The molecule has 0 aliphatic heterocycles. The minimum atomic E-state index is -1.17. The molecule has 0 bridgehead atoms. The first-order chi connectivity index (χ1) is 13.8. The fourth-order valence-electron chi connectivity index (χ4n) is 2.25. The van der Waals surface area contributed by atoms with Crippen LogP contribution < -0.4 is 10.1 Å². The van der Waals surface area contributed by atoms with Crippen molar-refractivity contribution in [2.75, 3.05) is 11.9 Å². The zero-order valence-electron chi connectivity index (χ0n) is 15.8. The van der Waals surface area contributed by atoms with Gasteiger partial charge in [-0.25, -0.2) is 4.79 Å². The summed E-state index contributed by atoms with van der Waals surface area (Å²) in [6.45, 7) is 3.76. The van der Waals surface area contributed by atoms with Gasteiger partial charge in [-0.3, -0.25) is 14.9 Å². The van der Waals surface area contributed by atoms with Crippen LogP contribution >= 0.6 is 0 Å². The number of carbonyl (C=O) groups is 2. The van der Waals surface area contributed by atoms with Crippen molar-refractivity contribution in [3.63, 3.8) is 0 Å². The summed E-state index contributed by atoms with van der Waals surface area (Å²) in [6.07, 6.45) is 1.52. The van der Waals surface area contributed by atoms with Gasteiger partial charge in [0.2, 0.25) is 5.82 Å². The van der Waals surface area contributed by atoms with Crippen LogP contribution in [0.1, 0.15) is 19.4 Å². The molecular formula is C20H19FN2O6. The molecule has 0 aliphatic rings. The van der Waals surface area contributed by atoms with E-state index >= 15 is 0 Å². The minimum Gasteiger partial charge on any atom is -0.494 e. The molecule has 0 aromatic heterocycles. The number of anilines is 1. The van der Waals surface area contributed by atoms with E-state index in [4.69, 9.17) is 9.47 Å². The lowest BCUT2D eigenvalue weighted by Gasteiger charge is -2.12. The summed E-state index contributed by atoms with van der Waals surface area (Å²) in [6, 6.07) is 9.94. The van der Waals surface area contributed by atoms with Gasteiger partial charge in [0.15, 0.2) is 6.10 Å². The Morgan fingerprint density at radius 1 is 1.24 bits per heavy atom. The number of hydrogen-bond donors (Lipinski definition) is 1. The highest BCUT2D eigenvalue weighted by molar-refractivity contribution is 5.96. The van der Waals surface area contributed by atoms with Crippen molar-refractivity contribution in [2.45, 2.75) is 20.0 Å². The standard InChI is InChI=1S/C20H19FN2O6/c1-3-28-16-8-4-14(5-9-16)6-11-19(24)29-13(2)20(25)22-15-7-10-17(21)18(12-15)23(26)27/h4-13H,3H2,1-2H3,(H,22,25)/b11-6+/t13-/m0/s1. The number of nitrogens with zero attached hydrogens (tertiary/aromatic N) is 1. The number of carbonyl (C=O) groups excluding carboxylic acids is 2. The fraction of sp³-hybridized carbons (Fsp3) is 0.200. The van der Waals surface area contributed by atoms with Gasteiger partial charge in [0.1, 0.15) is 5.75 Å². The Morgan fingerprint density at radius 3 is 2.55 bits per heavy atom. The summed E-state index contributed by atoms with van der Waals surface area (Å²) in [5.74, 6) is -1.77. The molecule has 1 atom stereocenters. The van der Waals surface area contributed by atoms with Crippen LogP contribution in [0.4, 0.5) is 15.8 Å². The van der Waals surface area contributed by atoms with E-state index in [0.717, 1.165) is 17.7 Å². The second-order valence-electron chi connectivity index (χ2n) is 5.83. The maximum absolute atomic E-state index is 13.3. The number of nitro benzene ring substituents is 1. The zero-order chi connectivity index (χ0) is 21.4. The molecule has 0 unspecified atom stereocenters. The van der Waals surface area contributed by atoms with Crippen molar-refractivity contribution in [3.8, 4) is 5.75 Å². The van der Waals surface area contributed by atoms with Gasteiger partial charge in [-0.2, -0.15) is 4.39 Å². The third kappa shape index (κ3) is 6.42. The summed E-state index contributed by atoms with van der Waals surface area (Å²) in [4.78, 5) is 33.8. The lowest BCUT2D eigenvalue weighted by atomic mass is 10.2. The average molecular weight is 402 g/mol. The quantitative estimate of drug-likeness (QED) is 0.312. The number of hydrogen-bond acceptors (Lipinski definition) is 6. The molecule has 8 nitrogen and oxygen atoms in total. The Hall–Kier alpha value is -3.75. The van der Waals surface area contributed by atoms with Crippen LogP contribution in [0.3, 0.4) is 0 Å². The van der Waals surface area contributed by atoms with E-state index in [1.807, 2.05) is 6.92 Å². The van der Waals surface area contributed by atoms with Gasteiger partial charge in [-0.15, -0.1) is 0 Å². The van der Waals surface area contributed by atoms with Crippen molar-refractivity contribution < 1.29 is 28.4 Å². The Labute approximate surface area is 166 Å². The van der Waals surface area contributed by atoms with Crippen LogP contribution in [-0.2, 0) is 14.3 Å². The van der Waals surface area contributed by atoms with Gasteiger partial charge >= 0.3 is 11.7 Å². The molecule has 29 heavy (non-hydrogen) atoms. The number of rotatable bonds is 8. The first-order valence-electron chi connectivity index (χ1n) is 8.66. The van der Waals surface area contributed by atoms with Crippen molar-refractivity contribution in [1.29, 1.82) is 0 Å². The topological polar surface area (TPSA) is 108 Å². The molecule has 152 valence electrons. The molecule has 1 amide bonds. The number of amides is 1. The summed E-state index contributed by atoms with van der Waals surface area (Å²) >= 11 is 0. The van der Waals surface area contributed by atoms with Crippen LogP contribution in [0.25, 0.3) is 6.08 Å². The Morgan fingerprint density at radius 2 is 1.93 bits per heavy atom. The molecule has 1 N–H and O–H groups in total. The van der Waals surface area contributed by atoms with Gasteiger partial charge in [0, 0.05) is 17.8 Å². The smallest absolute Gasteiger partial charge is 0.331 e. The predicted molar refractivity (Wildman–Crippen MR) is 104 cm³/mol. The van der Waals surface area contributed by atoms with E-state index in [2.05, 4.69) is 5.32 Å². The highest BCUT2D eigenvalue weighted by Crippen LogP contribution is 2.21. The maximum Gasteiger partial charge on any atom is 0.331 e. The van der Waals surface area contributed by atoms with E-state index in [1.165, 1.54) is 25.1 Å². The van der Waals surface area contributed by atoms with Gasteiger partial charge in [-0.1, -0.05) is 12.1 Å². The molecule has 0 radical (unpaired) electrons. The summed E-state index contributed by atoms with van der Waals surface area (Å²) in [5, 5.41) is 13.1. The largest absolute Gasteiger partial charge is 0.494 e. The predicted octanol–water partition coefficient (Wildman–Crippen LogP) is 3.72. The molecule has 0 spiro atoms. The van der Waals surface area contributed by atoms with Gasteiger partial charge in [0.25, 0.3) is 5.91 Å². The van der Waals surface area contributed by atoms with Crippen LogP contribution in [-0.4, -0.2) is 29.5 Å². The maximum atomic E-state index is 13.3. The minimum absolute atomic E-state index is 0.0101. The number of nitro groups is 1. The first kappa shape index (κ1) is 21.5. The lowest BCUT2D eigenvalue weighted by molar-refractivity contribution is -0.387. The van der Waals surface area contributed by atoms with Crippen molar-refractivity contribution >= 4 is 29.3 Å². The van der Waals surface area contributed by atoms with E-state index in [9.17, 15) is 24.1 Å². The highest BCUT2D eigenvalue weighted by atomic mass is 19.1. The third-order valence-electron chi connectivity index (χ3n) is 3.68.